The molecule has 1 heterocycles. The molecule has 1 saturated carbocycles. The van der Waals surface area contributed by atoms with Gasteiger partial charge in [-0.2, -0.15) is 0 Å². The van der Waals surface area contributed by atoms with Crippen LogP contribution in [0, 0.1) is 5.82 Å². The SMILES string of the molecule is CCCCCC(=O)N(Cc1cccn1Cc1cccc(F)c1)C1CCCCC1. The van der Waals surface area contributed by atoms with E-state index in [1.807, 2.05) is 18.3 Å². The van der Waals surface area contributed by atoms with Gasteiger partial charge in [-0.25, -0.2) is 4.39 Å². The van der Waals surface area contributed by atoms with Crippen molar-refractivity contribution in [3.8, 4) is 0 Å². The minimum atomic E-state index is -0.207. The van der Waals surface area contributed by atoms with E-state index in [-0.39, 0.29) is 5.82 Å². The number of unbranched alkanes of at least 4 members (excludes halogenated alkanes) is 2. The lowest BCUT2D eigenvalue weighted by atomic mass is 9.93. The maximum absolute atomic E-state index is 13.5. The molecule has 0 N–H and O–H groups in total. The second kappa shape index (κ2) is 10.4. The average molecular weight is 385 g/mol. The van der Waals surface area contributed by atoms with Gasteiger partial charge in [0.1, 0.15) is 5.82 Å². The normalized spacial score (nSPS) is 14.9. The maximum Gasteiger partial charge on any atom is 0.223 e. The molecule has 0 bridgehead atoms. The lowest BCUT2D eigenvalue weighted by Gasteiger charge is -2.35. The van der Waals surface area contributed by atoms with E-state index in [1.165, 1.54) is 25.3 Å². The van der Waals surface area contributed by atoms with Gasteiger partial charge in [-0.05, 0) is 49.1 Å². The molecule has 1 aliphatic rings. The van der Waals surface area contributed by atoms with Crippen LogP contribution in [-0.2, 0) is 17.9 Å². The molecule has 2 aromatic rings. The lowest BCUT2D eigenvalue weighted by Crippen LogP contribution is -2.41. The van der Waals surface area contributed by atoms with Crippen LogP contribution < -0.4 is 0 Å². The minimum Gasteiger partial charge on any atom is -0.345 e. The molecule has 152 valence electrons. The Morgan fingerprint density at radius 2 is 1.96 bits per heavy atom. The fraction of sp³-hybridized carbons (Fsp3) is 0.542. The highest BCUT2D eigenvalue weighted by atomic mass is 19.1. The fourth-order valence-electron chi connectivity index (χ4n) is 4.24. The Morgan fingerprint density at radius 3 is 2.71 bits per heavy atom. The van der Waals surface area contributed by atoms with Crippen molar-refractivity contribution in [1.29, 1.82) is 0 Å². The molecule has 3 rings (SSSR count). The summed E-state index contributed by atoms with van der Waals surface area (Å²) < 4.78 is 15.7. The molecule has 0 radical (unpaired) electrons. The molecule has 1 fully saturated rings. The zero-order valence-corrected chi connectivity index (χ0v) is 17.1. The number of hydrogen-bond acceptors (Lipinski definition) is 1. The van der Waals surface area contributed by atoms with Crippen LogP contribution in [0.5, 0.6) is 0 Å². The van der Waals surface area contributed by atoms with Crippen molar-refractivity contribution in [2.24, 2.45) is 0 Å². The number of amides is 1. The topological polar surface area (TPSA) is 25.2 Å². The summed E-state index contributed by atoms with van der Waals surface area (Å²) in [6.07, 6.45) is 11.8. The molecule has 3 nitrogen and oxygen atoms in total. The smallest absolute Gasteiger partial charge is 0.223 e. The molecule has 28 heavy (non-hydrogen) atoms. The third-order valence-electron chi connectivity index (χ3n) is 5.83. The summed E-state index contributed by atoms with van der Waals surface area (Å²) >= 11 is 0. The summed E-state index contributed by atoms with van der Waals surface area (Å²) in [7, 11) is 0. The van der Waals surface area contributed by atoms with Crippen molar-refractivity contribution in [1.82, 2.24) is 9.47 Å². The first-order valence-corrected chi connectivity index (χ1v) is 10.9. The van der Waals surface area contributed by atoms with Gasteiger partial charge in [0.25, 0.3) is 0 Å². The summed E-state index contributed by atoms with van der Waals surface area (Å²) in [5.41, 5.74) is 2.06. The third-order valence-corrected chi connectivity index (χ3v) is 5.83. The summed E-state index contributed by atoms with van der Waals surface area (Å²) in [5.74, 6) is 0.0833. The van der Waals surface area contributed by atoms with Crippen LogP contribution in [-0.4, -0.2) is 21.4 Å². The van der Waals surface area contributed by atoms with Crippen molar-refractivity contribution in [2.75, 3.05) is 0 Å². The van der Waals surface area contributed by atoms with E-state index >= 15 is 0 Å². The highest BCUT2D eigenvalue weighted by molar-refractivity contribution is 5.76. The van der Waals surface area contributed by atoms with Crippen molar-refractivity contribution >= 4 is 5.91 Å². The number of hydrogen-bond donors (Lipinski definition) is 0. The monoisotopic (exact) mass is 384 g/mol. The number of nitrogens with zero attached hydrogens (tertiary/aromatic N) is 2. The van der Waals surface area contributed by atoms with E-state index in [4.69, 9.17) is 0 Å². The van der Waals surface area contributed by atoms with Crippen LogP contribution in [0.1, 0.15) is 76.0 Å². The highest BCUT2D eigenvalue weighted by Crippen LogP contribution is 2.25. The van der Waals surface area contributed by atoms with E-state index in [9.17, 15) is 9.18 Å². The summed E-state index contributed by atoms with van der Waals surface area (Å²) in [6, 6.07) is 11.2. The van der Waals surface area contributed by atoms with Gasteiger partial charge in [0.05, 0.1) is 6.54 Å². The van der Waals surface area contributed by atoms with E-state index < -0.39 is 0 Å². The van der Waals surface area contributed by atoms with Gasteiger partial charge in [0.15, 0.2) is 0 Å². The van der Waals surface area contributed by atoms with Gasteiger partial charge in [0.2, 0.25) is 5.91 Å². The molecule has 0 spiro atoms. The van der Waals surface area contributed by atoms with Crippen molar-refractivity contribution < 1.29 is 9.18 Å². The Hall–Kier alpha value is -2.10. The van der Waals surface area contributed by atoms with E-state index in [1.54, 1.807) is 12.1 Å². The average Bonchev–Trinajstić information content (AvgIpc) is 3.13. The highest BCUT2D eigenvalue weighted by Gasteiger charge is 2.26. The molecule has 1 amide bonds. The number of rotatable bonds is 9. The number of carbonyl (C=O) groups is 1. The van der Waals surface area contributed by atoms with Crippen LogP contribution in [0.15, 0.2) is 42.6 Å². The van der Waals surface area contributed by atoms with Gasteiger partial charge in [0, 0.05) is 30.9 Å². The number of halogens is 1. The zero-order chi connectivity index (χ0) is 19.8. The first-order valence-electron chi connectivity index (χ1n) is 10.9. The molecule has 1 aromatic carbocycles. The Balaban J connectivity index is 1.73. The van der Waals surface area contributed by atoms with Gasteiger partial charge >= 0.3 is 0 Å². The first-order chi connectivity index (χ1) is 13.7. The van der Waals surface area contributed by atoms with Gasteiger partial charge in [-0.15, -0.1) is 0 Å². The Labute approximate surface area is 168 Å². The third kappa shape index (κ3) is 5.70. The van der Waals surface area contributed by atoms with Crippen molar-refractivity contribution in [2.45, 2.75) is 83.8 Å². The number of aromatic nitrogens is 1. The van der Waals surface area contributed by atoms with Crippen LogP contribution in [0.25, 0.3) is 0 Å². The number of benzene rings is 1. The van der Waals surface area contributed by atoms with Gasteiger partial charge < -0.3 is 9.47 Å². The Bertz CT molecular complexity index is 749. The largest absolute Gasteiger partial charge is 0.345 e. The first kappa shape index (κ1) is 20.6. The minimum absolute atomic E-state index is 0.207. The summed E-state index contributed by atoms with van der Waals surface area (Å²) in [4.78, 5) is 15.2. The van der Waals surface area contributed by atoms with Crippen LogP contribution in [0.4, 0.5) is 4.39 Å². The Kier molecular flexibility index (Phi) is 7.70. The standard InChI is InChI=1S/C24H33FN2O/c1-2-3-5-15-24(28)27(22-12-6-4-7-13-22)19-23-14-9-16-26(23)18-20-10-8-11-21(25)17-20/h8-11,14,16-17,22H,2-7,12-13,15,18-19H2,1H3. The molecular formula is C24H33FN2O. The predicted octanol–water partition coefficient (Wildman–Crippen LogP) is 5.92. The second-order valence-electron chi connectivity index (χ2n) is 8.03. The van der Waals surface area contributed by atoms with E-state index in [2.05, 4.69) is 22.5 Å². The van der Waals surface area contributed by atoms with Crippen LogP contribution in [0.2, 0.25) is 0 Å². The molecule has 0 unspecified atom stereocenters. The summed E-state index contributed by atoms with van der Waals surface area (Å²) in [6.45, 7) is 3.45. The van der Waals surface area contributed by atoms with Crippen LogP contribution in [0.3, 0.4) is 0 Å². The molecule has 1 aromatic heterocycles. The van der Waals surface area contributed by atoms with Crippen LogP contribution >= 0.6 is 0 Å². The molecular weight excluding hydrogens is 351 g/mol. The Morgan fingerprint density at radius 1 is 1.14 bits per heavy atom. The second-order valence-corrected chi connectivity index (χ2v) is 8.03. The fourth-order valence-corrected chi connectivity index (χ4v) is 4.24. The zero-order valence-electron chi connectivity index (χ0n) is 17.1. The van der Waals surface area contributed by atoms with E-state index in [0.29, 0.717) is 31.5 Å². The molecule has 0 atom stereocenters. The van der Waals surface area contributed by atoms with Crippen molar-refractivity contribution in [3.63, 3.8) is 0 Å². The molecule has 4 heteroatoms. The predicted molar refractivity (Wildman–Crippen MR) is 111 cm³/mol. The van der Waals surface area contributed by atoms with E-state index in [0.717, 1.165) is 43.4 Å². The van der Waals surface area contributed by atoms with Gasteiger partial charge in [-0.1, -0.05) is 51.2 Å². The molecule has 1 aliphatic carbocycles. The summed E-state index contributed by atoms with van der Waals surface area (Å²) in [5, 5.41) is 0. The number of carbonyl (C=O) groups excluding carboxylic acids is 1. The lowest BCUT2D eigenvalue weighted by molar-refractivity contribution is -0.135. The molecule has 0 aliphatic heterocycles. The van der Waals surface area contributed by atoms with Crippen molar-refractivity contribution in [3.05, 3.63) is 59.7 Å². The maximum atomic E-state index is 13.5. The quantitative estimate of drug-likeness (QED) is 0.493. The van der Waals surface area contributed by atoms with Gasteiger partial charge in [-0.3, -0.25) is 4.79 Å². The molecule has 0 saturated heterocycles.